The van der Waals surface area contributed by atoms with Crippen molar-refractivity contribution in [2.24, 2.45) is 5.73 Å². The second-order valence-corrected chi connectivity index (χ2v) is 3.80. The summed E-state index contributed by atoms with van der Waals surface area (Å²) in [5.74, 6) is 0. The lowest BCUT2D eigenvalue weighted by atomic mass is 10.1. The number of halogens is 3. The van der Waals surface area contributed by atoms with Gasteiger partial charge < -0.3 is 5.73 Å². The zero-order chi connectivity index (χ0) is 10.6. The first-order valence-corrected chi connectivity index (χ1v) is 4.84. The van der Waals surface area contributed by atoms with E-state index in [0.717, 1.165) is 5.56 Å². The maximum Gasteiger partial charge on any atom is 0.0875 e. The van der Waals surface area contributed by atoms with Gasteiger partial charge in [0.15, 0.2) is 0 Å². The molecule has 14 heavy (non-hydrogen) atoms. The lowest BCUT2D eigenvalue weighted by Gasteiger charge is -2.04. The summed E-state index contributed by atoms with van der Waals surface area (Å²) >= 11 is 11.6. The lowest BCUT2D eigenvalue weighted by molar-refractivity contribution is 0.699. The monoisotopic (exact) mass is 233 g/mol. The SMILES string of the molecule is NC/C(=C/F)Cc1cc(Cl)cc(Cl)c1. The normalized spacial score (nSPS) is 11.9. The number of hydrogen-bond acceptors (Lipinski definition) is 1. The van der Waals surface area contributed by atoms with Crippen molar-refractivity contribution < 1.29 is 4.39 Å². The molecule has 0 atom stereocenters. The van der Waals surface area contributed by atoms with Crippen LogP contribution in [0.3, 0.4) is 0 Å². The second kappa shape index (κ2) is 5.35. The van der Waals surface area contributed by atoms with Crippen LogP contribution in [0.1, 0.15) is 5.56 Å². The maximum absolute atomic E-state index is 12.2. The van der Waals surface area contributed by atoms with Crippen LogP contribution in [0.5, 0.6) is 0 Å². The third-order valence-corrected chi connectivity index (χ3v) is 2.21. The van der Waals surface area contributed by atoms with E-state index in [1.807, 2.05) is 0 Å². The van der Waals surface area contributed by atoms with Gasteiger partial charge >= 0.3 is 0 Å². The predicted molar refractivity (Wildman–Crippen MR) is 58.4 cm³/mol. The van der Waals surface area contributed by atoms with Crippen LogP contribution in [0, 0.1) is 0 Å². The Kier molecular flexibility index (Phi) is 4.39. The van der Waals surface area contributed by atoms with Crippen LogP contribution in [0.4, 0.5) is 4.39 Å². The average Bonchev–Trinajstić information content (AvgIpc) is 2.12. The molecule has 0 saturated heterocycles. The quantitative estimate of drug-likeness (QED) is 0.852. The van der Waals surface area contributed by atoms with Crippen molar-refractivity contribution in [1.82, 2.24) is 0 Å². The van der Waals surface area contributed by atoms with Gasteiger partial charge in [-0.05, 0) is 35.8 Å². The first-order chi connectivity index (χ1) is 6.65. The van der Waals surface area contributed by atoms with Crippen molar-refractivity contribution >= 4 is 23.2 Å². The molecular formula is C10H10Cl2FN. The summed E-state index contributed by atoms with van der Waals surface area (Å²) in [5, 5.41) is 1.09. The smallest absolute Gasteiger partial charge is 0.0875 e. The molecule has 0 aliphatic carbocycles. The summed E-state index contributed by atoms with van der Waals surface area (Å²) in [6, 6.07) is 5.12. The van der Waals surface area contributed by atoms with E-state index in [1.165, 1.54) is 0 Å². The van der Waals surface area contributed by atoms with Crippen LogP contribution in [0.2, 0.25) is 10.0 Å². The van der Waals surface area contributed by atoms with Crippen LogP contribution in [0.25, 0.3) is 0 Å². The van der Waals surface area contributed by atoms with Crippen molar-refractivity contribution in [1.29, 1.82) is 0 Å². The van der Waals surface area contributed by atoms with Gasteiger partial charge in [0.1, 0.15) is 0 Å². The first-order valence-electron chi connectivity index (χ1n) is 4.09. The Morgan fingerprint density at radius 3 is 2.29 bits per heavy atom. The minimum atomic E-state index is 0.195. The molecule has 0 fully saturated rings. The fourth-order valence-corrected chi connectivity index (χ4v) is 1.70. The predicted octanol–water partition coefficient (Wildman–Crippen LogP) is 3.35. The number of benzene rings is 1. The fraction of sp³-hybridized carbons (Fsp3) is 0.200. The zero-order valence-electron chi connectivity index (χ0n) is 7.43. The van der Waals surface area contributed by atoms with Gasteiger partial charge in [0, 0.05) is 16.6 Å². The van der Waals surface area contributed by atoms with Gasteiger partial charge in [0.2, 0.25) is 0 Å². The van der Waals surface area contributed by atoms with Gasteiger partial charge in [0.05, 0.1) is 6.33 Å². The van der Waals surface area contributed by atoms with Crippen molar-refractivity contribution in [2.45, 2.75) is 6.42 Å². The molecule has 1 rings (SSSR count). The van der Waals surface area contributed by atoms with E-state index >= 15 is 0 Å². The molecule has 1 aromatic carbocycles. The van der Waals surface area contributed by atoms with Gasteiger partial charge in [-0.3, -0.25) is 0 Å². The molecule has 1 aromatic rings. The molecule has 0 radical (unpaired) electrons. The highest BCUT2D eigenvalue weighted by Crippen LogP contribution is 2.20. The van der Waals surface area contributed by atoms with E-state index < -0.39 is 0 Å². The fourth-order valence-electron chi connectivity index (χ4n) is 1.13. The Hall–Kier alpha value is -0.570. The second-order valence-electron chi connectivity index (χ2n) is 2.93. The van der Waals surface area contributed by atoms with Gasteiger partial charge in [-0.2, -0.15) is 0 Å². The average molecular weight is 234 g/mol. The van der Waals surface area contributed by atoms with E-state index in [-0.39, 0.29) is 6.54 Å². The summed E-state index contributed by atoms with van der Waals surface area (Å²) in [6.45, 7) is 0.195. The van der Waals surface area contributed by atoms with Crippen LogP contribution in [-0.2, 0) is 6.42 Å². The summed E-state index contributed by atoms with van der Waals surface area (Å²) in [6.07, 6.45) is 0.960. The molecule has 1 nitrogen and oxygen atoms in total. The number of rotatable bonds is 3. The maximum atomic E-state index is 12.2. The minimum absolute atomic E-state index is 0.195. The van der Waals surface area contributed by atoms with Crippen LogP contribution >= 0.6 is 23.2 Å². The van der Waals surface area contributed by atoms with E-state index in [0.29, 0.717) is 28.4 Å². The largest absolute Gasteiger partial charge is 0.327 e. The summed E-state index contributed by atoms with van der Waals surface area (Å²) in [4.78, 5) is 0. The molecule has 0 aromatic heterocycles. The standard InChI is InChI=1S/C10H10Cl2FN/c11-9-2-7(3-10(12)4-9)1-8(5-13)6-14/h2-5H,1,6,14H2/b8-5+. The number of hydrogen-bond donors (Lipinski definition) is 1. The Labute approximate surface area is 92.3 Å². The minimum Gasteiger partial charge on any atom is -0.327 e. The summed E-state index contributed by atoms with van der Waals surface area (Å²) in [5.41, 5.74) is 6.71. The molecule has 0 aliphatic rings. The van der Waals surface area contributed by atoms with Crippen molar-refractivity contribution in [3.05, 3.63) is 45.7 Å². The van der Waals surface area contributed by atoms with Crippen LogP contribution < -0.4 is 5.73 Å². The molecule has 2 N–H and O–H groups in total. The highest BCUT2D eigenvalue weighted by molar-refractivity contribution is 6.34. The number of nitrogens with two attached hydrogens (primary N) is 1. The van der Waals surface area contributed by atoms with Crippen molar-refractivity contribution in [3.63, 3.8) is 0 Å². The van der Waals surface area contributed by atoms with E-state index in [4.69, 9.17) is 28.9 Å². The third-order valence-electron chi connectivity index (χ3n) is 1.77. The Morgan fingerprint density at radius 2 is 1.86 bits per heavy atom. The summed E-state index contributed by atoms with van der Waals surface area (Å²) < 4.78 is 12.2. The molecule has 0 spiro atoms. The van der Waals surface area contributed by atoms with Crippen molar-refractivity contribution in [3.8, 4) is 0 Å². The lowest BCUT2D eigenvalue weighted by Crippen LogP contribution is -2.05. The first kappa shape index (κ1) is 11.5. The van der Waals surface area contributed by atoms with Gasteiger partial charge in [-0.1, -0.05) is 23.2 Å². The van der Waals surface area contributed by atoms with E-state index in [1.54, 1.807) is 18.2 Å². The third kappa shape index (κ3) is 3.29. The van der Waals surface area contributed by atoms with Gasteiger partial charge in [0.25, 0.3) is 0 Å². The Balaban J connectivity index is 2.86. The zero-order valence-corrected chi connectivity index (χ0v) is 8.95. The highest BCUT2D eigenvalue weighted by atomic mass is 35.5. The molecule has 0 heterocycles. The molecule has 0 saturated carbocycles. The molecule has 76 valence electrons. The van der Waals surface area contributed by atoms with E-state index in [9.17, 15) is 4.39 Å². The van der Waals surface area contributed by atoms with Crippen LogP contribution in [-0.4, -0.2) is 6.54 Å². The molecular weight excluding hydrogens is 224 g/mol. The molecule has 0 amide bonds. The van der Waals surface area contributed by atoms with Crippen LogP contribution in [0.15, 0.2) is 30.1 Å². The van der Waals surface area contributed by atoms with E-state index in [2.05, 4.69) is 0 Å². The molecule has 0 bridgehead atoms. The molecule has 4 heteroatoms. The molecule has 0 unspecified atom stereocenters. The van der Waals surface area contributed by atoms with Crippen molar-refractivity contribution in [2.75, 3.05) is 6.54 Å². The highest BCUT2D eigenvalue weighted by Gasteiger charge is 2.01. The topological polar surface area (TPSA) is 26.0 Å². The molecule has 0 aliphatic heterocycles. The summed E-state index contributed by atoms with van der Waals surface area (Å²) in [7, 11) is 0. The van der Waals surface area contributed by atoms with Gasteiger partial charge in [-0.15, -0.1) is 0 Å². The Morgan fingerprint density at radius 1 is 1.29 bits per heavy atom. The van der Waals surface area contributed by atoms with Gasteiger partial charge in [-0.25, -0.2) is 4.39 Å². The Bertz CT molecular complexity index is 330.